The van der Waals surface area contributed by atoms with Crippen molar-refractivity contribution in [3.8, 4) is 0 Å². The molecule has 0 spiro atoms. The number of ether oxygens (including phenoxy) is 1. The Morgan fingerprint density at radius 1 is 1.00 bits per heavy atom. The van der Waals surface area contributed by atoms with Crippen molar-refractivity contribution in [2.24, 2.45) is 34.8 Å². The fourth-order valence-electron chi connectivity index (χ4n) is 4.12. The van der Waals surface area contributed by atoms with E-state index in [-0.39, 0.29) is 0 Å². The second-order valence-corrected chi connectivity index (χ2v) is 7.92. The molecule has 0 radical (unpaired) electrons. The molecule has 0 aromatic carbocycles. The molecule has 2 nitrogen and oxygen atoms in total. The molecule has 1 saturated carbocycles. The lowest BCUT2D eigenvalue weighted by molar-refractivity contribution is 0.0373. The summed E-state index contributed by atoms with van der Waals surface area (Å²) in [6.07, 6.45) is 8.09. The molecule has 1 heterocycles. The van der Waals surface area contributed by atoms with Gasteiger partial charge in [-0.1, -0.05) is 20.8 Å². The third kappa shape index (κ3) is 4.19. The lowest BCUT2D eigenvalue weighted by atomic mass is 9.63. The first-order valence-electron chi connectivity index (χ1n) is 8.28. The van der Waals surface area contributed by atoms with Gasteiger partial charge in [-0.15, -0.1) is 0 Å². The highest BCUT2D eigenvalue weighted by Gasteiger charge is 2.36. The molecule has 112 valence electrons. The van der Waals surface area contributed by atoms with E-state index in [4.69, 9.17) is 10.5 Å². The van der Waals surface area contributed by atoms with Crippen LogP contribution in [0.15, 0.2) is 0 Å². The van der Waals surface area contributed by atoms with E-state index in [1.807, 2.05) is 0 Å². The average molecular weight is 267 g/mol. The third-order valence-corrected chi connectivity index (χ3v) is 5.64. The van der Waals surface area contributed by atoms with Crippen molar-refractivity contribution in [3.05, 3.63) is 0 Å². The largest absolute Gasteiger partial charge is 0.381 e. The molecular weight excluding hydrogens is 234 g/mol. The zero-order valence-corrected chi connectivity index (χ0v) is 13.2. The Morgan fingerprint density at radius 3 is 2.26 bits per heavy atom. The fourth-order valence-corrected chi connectivity index (χ4v) is 4.12. The molecule has 0 amide bonds. The molecule has 19 heavy (non-hydrogen) atoms. The molecule has 3 atom stereocenters. The highest BCUT2D eigenvalue weighted by atomic mass is 16.5. The van der Waals surface area contributed by atoms with Gasteiger partial charge in [-0.3, -0.25) is 0 Å². The van der Waals surface area contributed by atoms with E-state index in [0.717, 1.165) is 43.4 Å². The predicted molar refractivity (Wildman–Crippen MR) is 81.0 cm³/mol. The monoisotopic (exact) mass is 267 g/mol. The highest BCUT2D eigenvalue weighted by Crippen LogP contribution is 2.45. The molecule has 0 aromatic heterocycles. The van der Waals surface area contributed by atoms with Crippen LogP contribution < -0.4 is 5.73 Å². The highest BCUT2D eigenvalue weighted by molar-refractivity contribution is 4.87. The first kappa shape index (κ1) is 15.3. The van der Waals surface area contributed by atoms with Gasteiger partial charge in [0.15, 0.2) is 0 Å². The van der Waals surface area contributed by atoms with Crippen LogP contribution >= 0.6 is 0 Å². The summed E-state index contributed by atoms with van der Waals surface area (Å²) in [5, 5.41) is 0. The molecule has 1 aliphatic carbocycles. The first-order chi connectivity index (χ1) is 9.00. The third-order valence-electron chi connectivity index (χ3n) is 5.64. The van der Waals surface area contributed by atoms with Crippen molar-refractivity contribution < 1.29 is 4.74 Å². The Kier molecular flexibility index (Phi) is 5.30. The average Bonchev–Trinajstić information content (AvgIpc) is 2.39. The van der Waals surface area contributed by atoms with Gasteiger partial charge in [0.05, 0.1) is 0 Å². The summed E-state index contributed by atoms with van der Waals surface area (Å²) in [6, 6.07) is 0. The second kappa shape index (κ2) is 6.58. The summed E-state index contributed by atoms with van der Waals surface area (Å²) >= 11 is 0. The molecule has 0 aromatic rings. The van der Waals surface area contributed by atoms with Crippen molar-refractivity contribution in [1.29, 1.82) is 0 Å². The normalized spacial score (nSPS) is 34.4. The van der Waals surface area contributed by atoms with Gasteiger partial charge in [0, 0.05) is 13.2 Å². The fraction of sp³-hybridized carbons (Fsp3) is 1.00. The topological polar surface area (TPSA) is 35.2 Å². The number of nitrogens with two attached hydrogens (primary N) is 1. The molecule has 0 bridgehead atoms. The maximum atomic E-state index is 6.03. The Hall–Kier alpha value is -0.0800. The van der Waals surface area contributed by atoms with Crippen LogP contribution in [0, 0.1) is 29.1 Å². The van der Waals surface area contributed by atoms with E-state index in [0.29, 0.717) is 5.41 Å². The van der Waals surface area contributed by atoms with E-state index in [2.05, 4.69) is 20.8 Å². The van der Waals surface area contributed by atoms with E-state index in [9.17, 15) is 0 Å². The van der Waals surface area contributed by atoms with Crippen LogP contribution in [0.3, 0.4) is 0 Å². The minimum atomic E-state index is 0.466. The summed E-state index contributed by atoms with van der Waals surface area (Å²) in [7, 11) is 0. The van der Waals surface area contributed by atoms with Crippen LogP contribution in [-0.4, -0.2) is 19.8 Å². The molecule has 2 aliphatic rings. The molecule has 1 aliphatic heterocycles. The number of rotatable bonds is 3. The predicted octanol–water partition coefficient (Wildman–Crippen LogP) is 3.84. The minimum Gasteiger partial charge on any atom is -0.381 e. The second-order valence-electron chi connectivity index (χ2n) is 7.92. The SMILES string of the molecule is CC(C)(C)C1CCC(CN)C(CC2CCOCC2)C1. The summed E-state index contributed by atoms with van der Waals surface area (Å²) in [5.74, 6) is 3.43. The van der Waals surface area contributed by atoms with Crippen LogP contribution in [0.2, 0.25) is 0 Å². The van der Waals surface area contributed by atoms with Crippen LogP contribution in [0.5, 0.6) is 0 Å². The van der Waals surface area contributed by atoms with Crippen molar-refractivity contribution in [2.45, 2.75) is 59.3 Å². The summed E-state index contributed by atoms with van der Waals surface area (Å²) in [6.45, 7) is 10.1. The van der Waals surface area contributed by atoms with Gasteiger partial charge in [0.1, 0.15) is 0 Å². The smallest absolute Gasteiger partial charge is 0.0468 e. The Balaban J connectivity index is 1.93. The lowest BCUT2D eigenvalue weighted by Crippen LogP contribution is -2.36. The maximum Gasteiger partial charge on any atom is 0.0468 e. The summed E-state index contributed by atoms with van der Waals surface area (Å²) < 4.78 is 5.49. The first-order valence-corrected chi connectivity index (χ1v) is 8.28. The van der Waals surface area contributed by atoms with Crippen molar-refractivity contribution in [3.63, 3.8) is 0 Å². The van der Waals surface area contributed by atoms with E-state index >= 15 is 0 Å². The van der Waals surface area contributed by atoms with Crippen molar-refractivity contribution >= 4 is 0 Å². The molecule has 3 unspecified atom stereocenters. The summed E-state index contributed by atoms with van der Waals surface area (Å²) in [5.41, 5.74) is 6.49. The van der Waals surface area contributed by atoms with Crippen LogP contribution in [0.25, 0.3) is 0 Å². The van der Waals surface area contributed by atoms with Gasteiger partial charge in [-0.05, 0) is 74.2 Å². The van der Waals surface area contributed by atoms with Crippen LogP contribution in [-0.2, 0) is 4.74 Å². The van der Waals surface area contributed by atoms with Gasteiger partial charge in [0.2, 0.25) is 0 Å². The van der Waals surface area contributed by atoms with Gasteiger partial charge in [-0.2, -0.15) is 0 Å². The quantitative estimate of drug-likeness (QED) is 0.843. The standard InChI is InChI=1S/C17H33NO/c1-17(2,3)16-5-4-14(12-18)15(11-16)10-13-6-8-19-9-7-13/h13-16H,4-12,18H2,1-3H3. The summed E-state index contributed by atoms with van der Waals surface area (Å²) in [4.78, 5) is 0. The molecule has 2 fully saturated rings. The van der Waals surface area contributed by atoms with Crippen LogP contribution in [0.1, 0.15) is 59.3 Å². The molecular formula is C17H33NO. The number of hydrogen-bond acceptors (Lipinski definition) is 2. The van der Waals surface area contributed by atoms with Crippen LogP contribution in [0.4, 0.5) is 0 Å². The van der Waals surface area contributed by atoms with Gasteiger partial charge >= 0.3 is 0 Å². The zero-order valence-electron chi connectivity index (χ0n) is 13.2. The van der Waals surface area contributed by atoms with E-state index in [1.54, 1.807) is 0 Å². The molecule has 2 rings (SSSR count). The number of hydrogen-bond donors (Lipinski definition) is 1. The van der Waals surface area contributed by atoms with E-state index in [1.165, 1.54) is 38.5 Å². The molecule has 2 heteroatoms. The Morgan fingerprint density at radius 2 is 1.68 bits per heavy atom. The van der Waals surface area contributed by atoms with E-state index < -0.39 is 0 Å². The van der Waals surface area contributed by atoms with Gasteiger partial charge in [0.25, 0.3) is 0 Å². The van der Waals surface area contributed by atoms with Gasteiger partial charge in [-0.25, -0.2) is 0 Å². The Labute approximate surface area is 119 Å². The lowest BCUT2D eigenvalue weighted by Gasteiger charge is -2.43. The minimum absolute atomic E-state index is 0.466. The molecule has 2 N–H and O–H groups in total. The van der Waals surface area contributed by atoms with Gasteiger partial charge < -0.3 is 10.5 Å². The Bertz CT molecular complexity index is 265. The van der Waals surface area contributed by atoms with Crippen molar-refractivity contribution in [2.75, 3.05) is 19.8 Å². The maximum absolute atomic E-state index is 6.03. The van der Waals surface area contributed by atoms with Crippen molar-refractivity contribution in [1.82, 2.24) is 0 Å². The molecule has 1 saturated heterocycles. The zero-order chi connectivity index (χ0) is 13.9.